The first-order valence-corrected chi connectivity index (χ1v) is 7.29. The van der Waals surface area contributed by atoms with E-state index in [4.69, 9.17) is 5.73 Å². The maximum Gasteiger partial charge on any atom is 0.241 e. The molecule has 19 heavy (non-hydrogen) atoms. The maximum absolute atomic E-state index is 12.2. The second-order valence-electron chi connectivity index (χ2n) is 5.58. The molecule has 104 valence electrons. The molecule has 0 radical (unpaired) electrons. The van der Waals surface area contributed by atoms with Gasteiger partial charge in [0.05, 0.1) is 0 Å². The van der Waals surface area contributed by atoms with Gasteiger partial charge >= 0.3 is 0 Å². The number of hydrogen-bond donors (Lipinski definition) is 2. The SMILES string of the molecule is CC(NC(=O)[C@@H](N)c1ccccc1)C1CCCCC1. The van der Waals surface area contributed by atoms with E-state index in [2.05, 4.69) is 12.2 Å². The third kappa shape index (κ3) is 3.80. The van der Waals surface area contributed by atoms with Crippen LogP contribution in [0, 0.1) is 5.92 Å². The van der Waals surface area contributed by atoms with Crippen LogP contribution in [0.2, 0.25) is 0 Å². The van der Waals surface area contributed by atoms with Gasteiger partial charge in [-0.05, 0) is 31.2 Å². The first kappa shape index (κ1) is 14.1. The summed E-state index contributed by atoms with van der Waals surface area (Å²) in [6.07, 6.45) is 6.36. The van der Waals surface area contributed by atoms with Crippen molar-refractivity contribution < 1.29 is 4.79 Å². The first-order chi connectivity index (χ1) is 9.18. The molecule has 0 aliphatic heterocycles. The standard InChI is InChI=1S/C16H24N2O/c1-12(13-8-4-2-5-9-13)18-16(19)15(17)14-10-6-3-7-11-14/h3,6-7,10-13,15H,2,4-5,8-9,17H2,1H3,(H,18,19)/t12?,15-/m0/s1. The Morgan fingerprint density at radius 2 is 1.84 bits per heavy atom. The Balaban J connectivity index is 1.89. The van der Waals surface area contributed by atoms with Crippen LogP contribution in [0.1, 0.15) is 50.6 Å². The summed E-state index contributed by atoms with van der Waals surface area (Å²) in [5.74, 6) is 0.546. The predicted molar refractivity (Wildman–Crippen MR) is 77.6 cm³/mol. The van der Waals surface area contributed by atoms with Crippen LogP contribution in [0.4, 0.5) is 0 Å². The van der Waals surface area contributed by atoms with E-state index in [0.717, 1.165) is 5.56 Å². The molecule has 0 heterocycles. The van der Waals surface area contributed by atoms with Crippen molar-refractivity contribution in [3.05, 3.63) is 35.9 Å². The molecule has 2 atom stereocenters. The lowest BCUT2D eigenvalue weighted by Gasteiger charge is -2.29. The molecule has 1 aromatic carbocycles. The zero-order valence-electron chi connectivity index (χ0n) is 11.6. The minimum Gasteiger partial charge on any atom is -0.352 e. The van der Waals surface area contributed by atoms with Crippen LogP contribution in [-0.2, 0) is 4.79 Å². The van der Waals surface area contributed by atoms with Crippen molar-refractivity contribution in [2.24, 2.45) is 11.7 Å². The normalized spacial score (nSPS) is 19.7. The van der Waals surface area contributed by atoms with E-state index in [9.17, 15) is 4.79 Å². The van der Waals surface area contributed by atoms with Crippen molar-refractivity contribution in [1.29, 1.82) is 0 Å². The molecule has 1 unspecified atom stereocenters. The highest BCUT2D eigenvalue weighted by atomic mass is 16.2. The number of nitrogens with two attached hydrogens (primary N) is 1. The largest absolute Gasteiger partial charge is 0.352 e. The Labute approximate surface area is 115 Å². The van der Waals surface area contributed by atoms with Crippen LogP contribution < -0.4 is 11.1 Å². The zero-order chi connectivity index (χ0) is 13.7. The number of carbonyl (C=O) groups is 1. The topological polar surface area (TPSA) is 55.1 Å². The third-order valence-electron chi connectivity index (χ3n) is 4.17. The molecule has 1 saturated carbocycles. The van der Waals surface area contributed by atoms with E-state index in [1.807, 2.05) is 30.3 Å². The van der Waals surface area contributed by atoms with Crippen molar-refractivity contribution in [3.63, 3.8) is 0 Å². The molecule has 1 amide bonds. The van der Waals surface area contributed by atoms with Crippen molar-refractivity contribution in [3.8, 4) is 0 Å². The van der Waals surface area contributed by atoms with E-state index in [1.54, 1.807) is 0 Å². The molecule has 2 rings (SSSR count). The van der Waals surface area contributed by atoms with Crippen LogP contribution in [0.25, 0.3) is 0 Å². The molecule has 3 nitrogen and oxygen atoms in total. The highest BCUT2D eigenvalue weighted by Gasteiger charge is 2.24. The Morgan fingerprint density at radius 3 is 2.47 bits per heavy atom. The van der Waals surface area contributed by atoms with Gasteiger partial charge in [-0.2, -0.15) is 0 Å². The van der Waals surface area contributed by atoms with Gasteiger partial charge in [-0.1, -0.05) is 49.6 Å². The molecule has 3 N–H and O–H groups in total. The molecular weight excluding hydrogens is 236 g/mol. The maximum atomic E-state index is 12.2. The molecule has 0 saturated heterocycles. The zero-order valence-corrected chi connectivity index (χ0v) is 11.6. The monoisotopic (exact) mass is 260 g/mol. The molecule has 1 fully saturated rings. The number of benzene rings is 1. The van der Waals surface area contributed by atoms with Crippen LogP contribution in [0.5, 0.6) is 0 Å². The predicted octanol–water partition coefficient (Wildman–Crippen LogP) is 2.77. The Bertz CT molecular complexity index is 398. The smallest absolute Gasteiger partial charge is 0.241 e. The van der Waals surface area contributed by atoms with Gasteiger partial charge in [0.15, 0.2) is 0 Å². The van der Waals surface area contributed by atoms with Gasteiger partial charge in [0.25, 0.3) is 0 Å². The summed E-state index contributed by atoms with van der Waals surface area (Å²) >= 11 is 0. The second-order valence-corrected chi connectivity index (χ2v) is 5.58. The number of nitrogens with one attached hydrogen (secondary N) is 1. The van der Waals surface area contributed by atoms with Gasteiger partial charge in [0.1, 0.15) is 6.04 Å². The average molecular weight is 260 g/mol. The van der Waals surface area contributed by atoms with Crippen LogP contribution in [0.3, 0.4) is 0 Å². The minimum atomic E-state index is -0.563. The van der Waals surface area contributed by atoms with E-state index in [-0.39, 0.29) is 11.9 Å². The summed E-state index contributed by atoms with van der Waals surface area (Å²) in [6.45, 7) is 2.10. The number of carbonyl (C=O) groups excluding carboxylic acids is 1. The van der Waals surface area contributed by atoms with E-state index >= 15 is 0 Å². The summed E-state index contributed by atoms with van der Waals surface area (Å²) in [5, 5.41) is 3.08. The summed E-state index contributed by atoms with van der Waals surface area (Å²) in [5.41, 5.74) is 6.88. The van der Waals surface area contributed by atoms with E-state index < -0.39 is 6.04 Å². The average Bonchev–Trinajstić information content (AvgIpc) is 2.48. The lowest BCUT2D eigenvalue weighted by Crippen LogP contribution is -2.43. The molecule has 1 aliphatic rings. The fourth-order valence-corrected chi connectivity index (χ4v) is 2.88. The third-order valence-corrected chi connectivity index (χ3v) is 4.17. The Kier molecular flexibility index (Phi) is 4.97. The number of amides is 1. The lowest BCUT2D eigenvalue weighted by atomic mass is 9.84. The van der Waals surface area contributed by atoms with Crippen molar-refractivity contribution in [2.75, 3.05) is 0 Å². The van der Waals surface area contributed by atoms with E-state index in [0.29, 0.717) is 5.92 Å². The van der Waals surface area contributed by atoms with E-state index in [1.165, 1.54) is 32.1 Å². The highest BCUT2D eigenvalue weighted by Crippen LogP contribution is 2.26. The van der Waals surface area contributed by atoms with Gasteiger partial charge in [-0.15, -0.1) is 0 Å². The van der Waals surface area contributed by atoms with Gasteiger partial charge in [-0.25, -0.2) is 0 Å². The van der Waals surface area contributed by atoms with Crippen LogP contribution >= 0.6 is 0 Å². The fraction of sp³-hybridized carbons (Fsp3) is 0.562. The quantitative estimate of drug-likeness (QED) is 0.874. The van der Waals surface area contributed by atoms with Gasteiger partial charge in [0, 0.05) is 6.04 Å². The van der Waals surface area contributed by atoms with Crippen molar-refractivity contribution >= 4 is 5.91 Å². The molecular formula is C16H24N2O. The van der Waals surface area contributed by atoms with Crippen molar-refractivity contribution in [2.45, 2.75) is 51.1 Å². The Morgan fingerprint density at radius 1 is 1.21 bits per heavy atom. The molecule has 1 aliphatic carbocycles. The molecule has 0 spiro atoms. The van der Waals surface area contributed by atoms with Gasteiger partial charge in [-0.3, -0.25) is 4.79 Å². The summed E-state index contributed by atoms with van der Waals surface area (Å²) in [6, 6.07) is 9.21. The summed E-state index contributed by atoms with van der Waals surface area (Å²) < 4.78 is 0. The first-order valence-electron chi connectivity index (χ1n) is 7.29. The number of hydrogen-bond acceptors (Lipinski definition) is 2. The fourth-order valence-electron chi connectivity index (χ4n) is 2.88. The van der Waals surface area contributed by atoms with Crippen LogP contribution in [-0.4, -0.2) is 11.9 Å². The highest BCUT2D eigenvalue weighted by molar-refractivity contribution is 5.83. The molecule has 1 aromatic rings. The van der Waals surface area contributed by atoms with Gasteiger partial charge < -0.3 is 11.1 Å². The minimum absolute atomic E-state index is 0.0655. The molecule has 0 bridgehead atoms. The van der Waals surface area contributed by atoms with Crippen molar-refractivity contribution in [1.82, 2.24) is 5.32 Å². The van der Waals surface area contributed by atoms with Crippen LogP contribution in [0.15, 0.2) is 30.3 Å². The molecule has 0 aromatic heterocycles. The van der Waals surface area contributed by atoms with Gasteiger partial charge in [0.2, 0.25) is 5.91 Å². The summed E-state index contributed by atoms with van der Waals surface area (Å²) in [4.78, 5) is 12.2. The summed E-state index contributed by atoms with van der Waals surface area (Å²) in [7, 11) is 0. The number of rotatable bonds is 4. The molecule has 3 heteroatoms. The lowest BCUT2D eigenvalue weighted by molar-refractivity contribution is -0.123. The second kappa shape index (κ2) is 6.71. The Hall–Kier alpha value is -1.35.